The molecule has 5 nitrogen and oxygen atoms in total. The van der Waals surface area contributed by atoms with Crippen LogP contribution in [0.2, 0.25) is 0 Å². The Balaban J connectivity index is 2.17. The number of ketones is 1. The molecule has 0 saturated heterocycles. The number of aliphatic hydroxyl groups excluding tert-OH is 1. The maximum absolute atomic E-state index is 12.4. The summed E-state index contributed by atoms with van der Waals surface area (Å²) in [5.74, 6) is -0.0680. The zero-order valence-electron chi connectivity index (χ0n) is 13.9. The van der Waals surface area contributed by atoms with Gasteiger partial charge in [0.25, 0.3) is 0 Å². The Kier molecular flexibility index (Phi) is 5.71. The first kappa shape index (κ1) is 17.7. The van der Waals surface area contributed by atoms with Crippen LogP contribution in [0.4, 0.5) is 10.5 Å². The lowest BCUT2D eigenvalue weighted by molar-refractivity contribution is 0.101. The summed E-state index contributed by atoms with van der Waals surface area (Å²) in [6, 6.07) is 15.7. The molecule has 126 valence electrons. The van der Waals surface area contributed by atoms with Gasteiger partial charge in [-0.2, -0.15) is 0 Å². The number of hydrogen-bond donors (Lipinski definition) is 3. The van der Waals surface area contributed by atoms with Crippen LogP contribution < -0.4 is 10.6 Å². The number of anilines is 1. The summed E-state index contributed by atoms with van der Waals surface area (Å²) in [4.78, 5) is 23.8. The average Bonchev–Trinajstić information content (AvgIpc) is 2.60. The molecule has 2 rings (SSSR count). The van der Waals surface area contributed by atoms with Gasteiger partial charge in [0.05, 0.1) is 12.1 Å². The molecule has 0 aliphatic heterocycles. The van der Waals surface area contributed by atoms with E-state index in [1.165, 1.54) is 6.92 Å². The zero-order chi connectivity index (χ0) is 17.6. The second kappa shape index (κ2) is 7.75. The summed E-state index contributed by atoms with van der Waals surface area (Å²) < 4.78 is 0. The van der Waals surface area contributed by atoms with Crippen molar-refractivity contribution in [3.8, 4) is 0 Å². The third-order valence-electron chi connectivity index (χ3n) is 4.08. The quantitative estimate of drug-likeness (QED) is 0.713. The molecule has 0 saturated carbocycles. The molecular weight excluding hydrogens is 304 g/mol. The summed E-state index contributed by atoms with van der Waals surface area (Å²) in [6.45, 7) is 3.16. The van der Waals surface area contributed by atoms with Gasteiger partial charge in [-0.15, -0.1) is 0 Å². The van der Waals surface area contributed by atoms with Gasteiger partial charge < -0.3 is 15.7 Å². The number of aliphatic hydroxyl groups is 1. The van der Waals surface area contributed by atoms with E-state index in [9.17, 15) is 14.7 Å². The van der Waals surface area contributed by atoms with Crippen molar-refractivity contribution in [2.45, 2.75) is 25.8 Å². The summed E-state index contributed by atoms with van der Waals surface area (Å²) in [7, 11) is 0. The van der Waals surface area contributed by atoms with Gasteiger partial charge in [-0.3, -0.25) is 4.79 Å². The highest BCUT2D eigenvalue weighted by Crippen LogP contribution is 2.24. The molecule has 0 aromatic heterocycles. The lowest BCUT2D eigenvalue weighted by atomic mass is 9.88. The van der Waals surface area contributed by atoms with Gasteiger partial charge in [0.15, 0.2) is 5.78 Å². The van der Waals surface area contributed by atoms with Gasteiger partial charge >= 0.3 is 6.03 Å². The van der Waals surface area contributed by atoms with E-state index in [1.54, 1.807) is 24.3 Å². The van der Waals surface area contributed by atoms with Crippen molar-refractivity contribution < 1.29 is 14.7 Å². The van der Waals surface area contributed by atoms with Gasteiger partial charge in [0.2, 0.25) is 0 Å². The van der Waals surface area contributed by atoms with Gasteiger partial charge in [-0.25, -0.2) is 4.79 Å². The highest BCUT2D eigenvalue weighted by Gasteiger charge is 2.31. The number of rotatable bonds is 6. The summed E-state index contributed by atoms with van der Waals surface area (Å²) in [6.07, 6.45) is 0.536. The Hall–Kier alpha value is -2.66. The number of hydrogen-bond acceptors (Lipinski definition) is 3. The van der Waals surface area contributed by atoms with E-state index in [-0.39, 0.29) is 12.4 Å². The number of Topliss-reactive ketones (excluding diaryl/α,β-unsaturated/α-hetero) is 1. The van der Waals surface area contributed by atoms with Crippen molar-refractivity contribution in [3.05, 3.63) is 65.7 Å². The van der Waals surface area contributed by atoms with E-state index in [0.717, 1.165) is 5.56 Å². The molecule has 0 radical (unpaired) electrons. The van der Waals surface area contributed by atoms with Crippen LogP contribution in [0.5, 0.6) is 0 Å². The van der Waals surface area contributed by atoms with Crippen molar-refractivity contribution >= 4 is 17.5 Å². The van der Waals surface area contributed by atoms with E-state index >= 15 is 0 Å². The Labute approximate surface area is 141 Å². The van der Waals surface area contributed by atoms with Crippen LogP contribution >= 0.6 is 0 Å². The number of benzene rings is 2. The SMILES string of the molecule is CC[C@@](CO)(NC(=O)Nc1cccc(C(C)=O)c1)c1ccccc1. The number of carbonyl (C=O) groups excluding carboxylic acids is 2. The van der Waals surface area contributed by atoms with Crippen LogP contribution in [0, 0.1) is 0 Å². The zero-order valence-corrected chi connectivity index (χ0v) is 13.9. The fourth-order valence-electron chi connectivity index (χ4n) is 2.56. The molecule has 0 fully saturated rings. The maximum Gasteiger partial charge on any atom is 0.320 e. The number of carbonyl (C=O) groups is 2. The minimum Gasteiger partial charge on any atom is -0.394 e. The highest BCUT2D eigenvalue weighted by atomic mass is 16.3. The molecule has 0 aliphatic rings. The van der Waals surface area contributed by atoms with Gasteiger partial charge in [-0.05, 0) is 31.0 Å². The van der Waals surface area contributed by atoms with Gasteiger partial charge in [-0.1, -0.05) is 49.4 Å². The number of urea groups is 1. The standard InChI is InChI=1S/C19H22N2O3/c1-3-19(13-22,16-9-5-4-6-10-16)21-18(24)20-17-11-7-8-15(12-17)14(2)23/h4-12,22H,3,13H2,1-2H3,(H2,20,21,24)/t19-/m0/s1. The second-order valence-electron chi connectivity index (χ2n) is 5.68. The second-order valence-corrected chi connectivity index (χ2v) is 5.68. The van der Waals surface area contributed by atoms with Crippen molar-refractivity contribution in [2.24, 2.45) is 0 Å². The van der Waals surface area contributed by atoms with Crippen molar-refractivity contribution in [1.82, 2.24) is 5.32 Å². The Morgan fingerprint density at radius 1 is 1.08 bits per heavy atom. The molecule has 0 spiro atoms. The largest absolute Gasteiger partial charge is 0.394 e. The molecule has 0 aliphatic carbocycles. The molecule has 2 aromatic rings. The van der Waals surface area contributed by atoms with E-state index < -0.39 is 11.6 Å². The van der Waals surface area contributed by atoms with Crippen LogP contribution in [0.25, 0.3) is 0 Å². The third kappa shape index (κ3) is 4.00. The van der Waals surface area contributed by atoms with Crippen LogP contribution in [0.3, 0.4) is 0 Å². The van der Waals surface area contributed by atoms with Gasteiger partial charge in [0.1, 0.15) is 0 Å². The highest BCUT2D eigenvalue weighted by molar-refractivity contribution is 5.96. The molecule has 24 heavy (non-hydrogen) atoms. The molecular formula is C19H22N2O3. The normalized spacial score (nSPS) is 13.0. The van der Waals surface area contributed by atoms with E-state index in [1.807, 2.05) is 37.3 Å². The number of amides is 2. The van der Waals surface area contributed by atoms with Crippen LogP contribution in [-0.4, -0.2) is 23.5 Å². The third-order valence-corrected chi connectivity index (χ3v) is 4.08. The molecule has 2 amide bonds. The fourth-order valence-corrected chi connectivity index (χ4v) is 2.56. The van der Waals surface area contributed by atoms with E-state index in [0.29, 0.717) is 17.7 Å². The maximum atomic E-state index is 12.4. The van der Waals surface area contributed by atoms with Crippen molar-refractivity contribution in [2.75, 3.05) is 11.9 Å². The van der Waals surface area contributed by atoms with E-state index in [2.05, 4.69) is 10.6 Å². The predicted molar refractivity (Wildman–Crippen MR) is 94.1 cm³/mol. The first-order chi connectivity index (χ1) is 11.5. The molecule has 0 unspecified atom stereocenters. The van der Waals surface area contributed by atoms with Crippen LogP contribution in [0.15, 0.2) is 54.6 Å². The molecule has 0 heterocycles. The predicted octanol–water partition coefficient (Wildman–Crippen LogP) is 3.31. The minimum atomic E-state index is -0.858. The Morgan fingerprint density at radius 3 is 2.38 bits per heavy atom. The van der Waals surface area contributed by atoms with E-state index in [4.69, 9.17) is 0 Å². The fraction of sp³-hybridized carbons (Fsp3) is 0.263. The summed E-state index contributed by atoms with van der Waals surface area (Å²) in [5, 5.41) is 15.5. The summed E-state index contributed by atoms with van der Waals surface area (Å²) in [5.41, 5.74) is 1.03. The first-order valence-corrected chi connectivity index (χ1v) is 7.87. The first-order valence-electron chi connectivity index (χ1n) is 7.87. The van der Waals surface area contributed by atoms with Crippen molar-refractivity contribution in [3.63, 3.8) is 0 Å². The Bertz CT molecular complexity index is 710. The number of nitrogens with one attached hydrogen (secondary N) is 2. The van der Waals surface area contributed by atoms with Gasteiger partial charge in [0, 0.05) is 11.3 Å². The minimum absolute atomic E-state index is 0.0680. The van der Waals surface area contributed by atoms with Crippen molar-refractivity contribution in [1.29, 1.82) is 0 Å². The smallest absolute Gasteiger partial charge is 0.320 e. The average molecular weight is 326 g/mol. The molecule has 3 N–H and O–H groups in total. The monoisotopic (exact) mass is 326 g/mol. The van der Waals surface area contributed by atoms with Crippen LogP contribution in [0.1, 0.15) is 36.2 Å². The Morgan fingerprint density at radius 2 is 1.79 bits per heavy atom. The molecule has 5 heteroatoms. The topological polar surface area (TPSA) is 78.4 Å². The molecule has 0 bridgehead atoms. The lowest BCUT2D eigenvalue weighted by Crippen LogP contribution is -2.49. The summed E-state index contributed by atoms with van der Waals surface area (Å²) >= 11 is 0. The van der Waals surface area contributed by atoms with Crippen LogP contribution in [-0.2, 0) is 5.54 Å². The lowest BCUT2D eigenvalue weighted by Gasteiger charge is -2.32. The molecule has 1 atom stereocenters. The molecule has 2 aromatic carbocycles.